The Balaban J connectivity index is 1.56. The van der Waals surface area contributed by atoms with E-state index < -0.39 is 0 Å². The molecule has 6 nitrogen and oxygen atoms in total. The highest BCUT2D eigenvalue weighted by atomic mass is 16.2. The number of benzene rings is 3. The van der Waals surface area contributed by atoms with Gasteiger partial charge in [0.2, 0.25) is 0 Å². The molecule has 0 aliphatic carbocycles. The molecule has 0 atom stereocenters. The molecule has 0 radical (unpaired) electrons. The van der Waals surface area contributed by atoms with Crippen LogP contribution in [-0.2, 0) is 6.42 Å². The summed E-state index contributed by atoms with van der Waals surface area (Å²) in [5, 5.41) is 8.93. The number of rotatable bonds is 6. The van der Waals surface area contributed by atoms with Gasteiger partial charge < -0.3 is 20.9 Å². The molecule has 4 rings (SSSR count). The van der Waals surface area contributed by atoms with Gasteiger partial charge in [-0.3, -0.25) is 4.79 Å². The van der Waals surface area contributed by atoms with Crippen LogP contribution < -0.4 is 20.9 Å². The van der Waals surface area contributed by atoms with Crippen molar-refractivity contribution in [3.8, 4) is 0 Å². The maximum Gasteiger partial charge on any atom is 0.323 e. The molecule has 0 spiro atoms. The van der Waals surface area contributed by atoms with Crippen LogP contribution in [0.3, 0.4) is 0 Å². The first-order valence-corrected chi connectivity index (χ1v) is 11.5. The second-order valence-electron chi connectivity index (χ2n) is 8.34. The summed E-state index contributed by atoms with van der Waals surface area (Å²) in [5.74, 6) is -0.181. The van der Waals surface area contributed by atoms with Gasteiger partial charge in [0.25, 0.3) is 5.91 Å². The molecule has 3 aromatic rings. The Hall–Kier alpha value is -3.80. The van der Waals surface area contributed by atoms with Gasteiger partial charge in [-0.25, -0.2) is 4.79 Å². The van der Waals surface area contributed by atoms with Crippen LogP contribution in [0.25, 0.3) is 0 Å². The summed E-state index contributed by atoms with van der Waals surface area (Å²) in [5.41, 5.74) is 5.76. The minimum Gasteiger partial charge on any atom is -0.370 e. The van der Waals surface area contributed by atoms with Gasteiger partial charge in [0, 0.05) is 30.0 Å². The molecule has 3 N–H and O–H groups in total. The third-order valence-corrected chi connectivity index (χ3v) is 5.88. The lowest BCUT2D eigenvalue weighted by Crippen LogP contribution is -2.24. The Morgan fingerprint density at radius 3 is 2.36 bits per heavy atom. The van der Waals surface area contributed by atoms with E-state index in [2.05, 4.69) is 27.8 Å². The molecule has 0 bridgehead atoms. The molecule has 170 valence electrons. The summed E-state index contributed by atoms with van der Waals surface area (Å²) in [6.45, 7) is 5.91. The largest absolute Gasteiger partial charge is 0.370 e. The summed E-state index contributed by atoms with van der Waals surface area (Å²) in [6.07, 6.45) is 3.08. The number of para-hydroxylation sites is 1. The van der Waals surface area contributed by atoms with Gasteiger partial charge in [-0.1, -0.05) is 42.8 Å². The summed E-state index contributed by atoms with van der Waals surface area (Å²) in [7, 11) is 0. The lowest BCUT2D eigenvalue weighted by molar-refractivity contribution is 0.102. The zero-order valence-corrected chi connectivity index (χ0v) is 19.2. The highest BCUT2D eigenvalue weighted by molar-refractivity contribution is 6.06. The maximum atomic E-state index is 12.9. The Morgan fingerprint density at radius 1 is 0.848 bits per heavy atom. The zero-order valence-electron chi connectivity index (χ0n) is 19.2. The van der Waals surface area contributed by atoms with Crippen LogP contribution in [0, 0.1) is 6.92 Å². The van der Waals surface area contributed by atoms with E-state index in [4.69, 9.17) is 0 Å². The van der Waals surface area contributed by atoms with E-state index in [1.165, 1.54) is 0 Å². The number of anilines is 4. The predicted molar refractivity (Wildman–Crippen MR) is 135 cm³/mol. The lowest BCUT2D eigenvalue weighted by atomic mass is 10.1. The number of urea groups is 1. The number of hydrogen-bond acceptors (Lipinski definition) is 3. The van der Waals surface area contributed by atoms with E-state index >= 15 is 0 Å². The van der Waals surface area contributed by atoms with Crippen molar-refractivity contribution < 1.29 is 9.59 Å². The first-order valence-electron chi connectivity index (χ1n) is 11.5. The van der Waals surface area contributed by atoms with Crippen LogP contribution in [-0.4, -0.2) is 25.0 Å². The monoisotopic (exact) mass is 442 g/mol. The molecule has 33 heavy (non-hydrogen) atoms. The van der Waals surface area contributed by atoms with E-state index in [0.29, 0.717) is 16.9 Å². The normalized spacial score (nSPS) is 13.0. The van der Waals surface area contributed by atoms with Crippen LogP contribution >= 0.6 is 0 Å². The number of carbonyl (C=O) groups excluding carboxylic acids is 2. The van der Waals surface area contributed by atoms with Crippen LogP contribution in [0.2, 0.25) is 0 Å². The number of nitrogens with one attached hydrogen (secondary N) is 3. The number of hydrogen-bond donors (Lipinski definition) is 3. The molecular weight excluding hydrogens is 412 g/mol. The van der Waals surface area contributed by atoms with E-state index in [1.54, 1.807) is 6.07 Å². The van der Waals surface area contributed by atoms with Crippen molar-refractivity contribution in [1.82, 2.24) is 0 Å². The molecular formula is C27H30N4O2. The molecule has 0 unspecified atom stereocenters. The van der Waals surface area contributed by atoms with Crippen LogP contribution in [0.15, 0.2) is 66.7 Å². The fourth-order valence-electron chi connectivity index (χ4n) is 4.16. The minimum atomic E-state index is -0.307. The van der Waals surface area contributed by atoms with Crippen molar-refractivity contribution in [2.75, 3.05) is 33.9 Å². The number of carbonyl (C=O) groups is 2. The topological polar surface area (TPSA) is 73.5 Å². The molecule has 3 amide bonds. The molecule has 1 aliphatic heterocycles. The van der Waals surface area contributed by atoms with E-state index in [-0.39, 0.29) is 11.9 Å². The molecule has 1 fully saturated rings. The Bertz CT molecular complexity index is 1150. The SMILES string of the molecule is CCc1ccccc1NC(=O)Nc1cc(NC(=O)c2cccc(C)c2)ccc1N1CCCC1. The average molecular weight is 443 g/mol. The molecule has 0 saturated carbocycles. The van der Waals surface area contributed by atoms with Gasteiger partial charge in [-0.2, -0.15) is 0 Å². The van der Waals surface area contributed by atoms with E-state index in [0.717, 1.165) is 54.9 Å². The highest BCUT2D eigenvalue weighted by Crippen LogP contribution is 2.32. The van der Waals surface area contributed by atoms with Crippen molar-refractivity contribution in [1.29, 1.82) is 0 Å². The van der Waals surface area contributed by atoms with Gasteiger partial charge >= 0.3 is 6.03 Å². The summed E-state index contributed by atoms with van der Waals surface area (Å²) in [6, 6.07) is 20.6. The molecule has 1 heterocycles. The third-order valence-electron chi connectivity index (χ3n) is 5.88. The fourth-order valence-corrected chi connectivity index (χ4v) is 4.16. The average Bonchev–Trinajstić information content (AvgIpc) is 3.34. The molecule has 6 heteroatoms. The minimum absolute atomic E-state index is 0.181. The van der Waals surface area contributed by atoms with Gasteiger partial charge in [0.15, 0.2) is 0 Å². The highest BCUT2D eigenvalue weighted by Gasteiger charge is 2.18. The molecule has 0 aromatic heterocycles. The quantitative estimate of drug-likeness (QED) is 0.435. The number of amides is 3. The van der Waals surface area contributed by atoms with Crippen molar-refractivity contribution in [2.24, 2.45) is 0 Å². The zero-order chi connectivity index (χ0) is 23.2. The first kappa shape index (κ1) is 22.4. The third kappa shape index (κ3) is 5.52. The Labute approximate surface area is 195 Å². The predicted octanol–water partition coefficient (Wildman–Crippen LogP) is 6.05. The smallest absolute Gasteiger partial charge is 0.323 e. The number of aryl methyl sites for hydroxylation is 2. The van der Waals surface area contributed by atoms with E-state index in [1.807, 2.05) is 67.6 Å². The Morgan fingerprint density at radius 2 is 1.61 bits per heavy atom. The Kier molecular flexibility index (Phi) is 6.93. The van der Waals surface area contributed by atoms with Crippen molar-refractivity contribution in [2.45, 2.75) is 33.1 Å². The van der Waals surface area contributed by atoms with E-state index in [9.17, 15) is 9.59 Å². The fraction of sp³-hybridized carbons (Fsp3) is 0.259. The summed E-state index contributed by atoms with van der Waals surface area (Å²) < 4.78 is 0. The molecule has 1 saturated heterocycles. The van der Waals surface area contributed by atoms with Crippen LogP contribution in [0.4, 0.5) is 27.5 Å². The van der Waals surface area contributed by atoms with Crippen LogP contribution in [0.1, 0.15) is 41.3 Å². The second-order valence-corrected chi connectivity index (χ2v) is 8.34. The molecule has 1 aliphatic rings. The van der Waals surface area contributed by atoms with Crippen molar-refractivity contribution >= 4 is 34.7 Å². The van der Waals surface area contributed by atoms with Crippen molar-refractivity contribution in [3.05, 3.63) is 83.4 Å². The van der Waals surface area contributed by atoms with Gasteiger partial charge in [0.1, 0.15) is 0 Å². The summed E-state index contributed by atoms with van der Waals surface area (Å²) >= 11 is 0. The van der Waals surface area contributed by atoms with Gasteiger partial charge in [-0.15, -0.1) is 0 Å². The lowest BCUT2D eigenvalue weighted by Gasteiger charge is -2.23. The first-order chi connectivity index (χ1) is 16.0. The second kappa shape index (κ2) is 10.2. The standard InChI is InChI=1S/C27H30N4O2/c1-3-20-10-4-5-12-23(20)29-27(33)30-24-18-22(13-14-25(24)31-15-6-7-16-31)28-26(32)21-11-8-9-19(2)17-21/h4-5,8-14,17-18H,3,6-7,15-16H2,1-2H3,(H,28,32)(H2,29,30,33). The molecule has 3 aromatic carbocycles. The number of nitrogens with zero attached hydrogens (tertiary/aromatic N) is 1. The maximum absolute atomic E-state index is 12.9. The van der Waals surface area contributed by atoms with Gasteiger partial charge in [-0.05, 0) is 68.1 Å². The van der Waals surface area contributed by atoms with Gasteiger partial charge in [0.05, 0.1) is 11.4 Å². The van der Waals surface area contributed by atoms with Crippen molar-refractivity contribution in [3.63, 3.8) is 0 Å². The van der Waals surface area contributed by atoms with Crippen LogP contribution in [0.5, 0.6) is 0 Å². The summed E-state index contributed by atoms with van der Waals surface area (Å²) in [4.78, 5) is 27.9.